The summed E-state index contributed by atoms with van der Waals surface area (Å²) in [7, 11) is 0. The van der Waals surface area contributed by atoms with Crippen molar-refractivity contribution in [2.24, 2.45) is 4.99 Å². The maximum absolute atomic E-state index is 3.91. The van der Waals surface area contributed by atoms with Gasteiger partial charge in [-0.15, -0.1) is 0 Å². The first-order valence-electron chi connectivity index (χ1n) is 3.56. The molecule has 1 rings (SSSR count). The van der Waals surface area contributed by atoms with Crippen LogP contribution in [-0.4, -0.2) is 11.7 Å². The molecule has 0 aliphatic carbocycles. The standard InChI is InChI=1S/C10H10N2/c1-9(3-6-11-2)10-4-7-12-8-5-10/h3-8H,1-2H2/b6-3-. The summed E-state index contributed by atoms with van der Waals surface area (Å²) < 4.78 is 0. The summed E-state index contributed by atoms with van der Waals surface area (Å²) in [6.45, 7) is 7.20. The van der Waals surface area contributed by atoms with Crippen LogP contribution in [0.1, 0.15) is 5.56 Å². The van der Waals surface area contributed by atoms with Gasteiger partial charge < -0.3 is 0 Å². The Morgan fingerprint density at radius 1 is 1.42 bits per heavy atom. The van der Waals surface area contributed by atoms with Gasteiger partial charge in [-0.2, -0.15) is 0 Å². The highest BCUT2D eigenvalue weighted by Gasteiger charge is 1.91. The summed E-state index contributed by atoms with van der Waals surface area (Å²) in [4.78, 5) is 7.50. The first-order chi connectivity index (χ1) is 5.84. The van der Waals surface area contributed by atoms with E-state index >= 15 is 0 Å². The molecule has 2 nitrogen and oxygen atoms in total. The molecule has 0 atom stereocenters. The molecule has 1 aromatic rings. The van der Waals surface area contributed by atoms with Crippen molar-refractivity contribution in [2.75, 3.05) is 0 Å². The second-order valence-corrected chi connectivity index (χ2v) is 2.26. The van der Waals surface area contributed by atoms with E-state index in [9.17, 15) is 0 Å². The lowest BCUT2D eigenvalue weighted by atomic mass is 10.1. The Balaban J connectivity index is 2.79. The fourth-order valence-electron chi connectivity index (χ4n) is 0.805. The Morgan fingerprint density at radius 2 is 2.08 bits per heavy atom. The molecule has 1 heterocycles. The molecule has 2 heteroatoms. The van der Waals surface area contributed by atoms with Gasteiger partial charge in [0.1, 0.15) is 0 Å². The Kier molecular flexibility index (Phi) is 2.96. The van der Waals surface area contributed by atoms with Gasteiger partial charge in [0.2, 0.25) is 0 Å². The molecule has 0 bridgehead atoms. The van der Waals surface area contributed by atoms with Gasteiger partial charge in [0.25, 0.3) is 0 Å². The van der Waals surface area contributed by atoms with Crippen LogP contribution in [-0.2, 0) is 0 Å². The van der Waals surface area contributed by atoms with Crippen molar-refractivity contribution in [1.82, 2.24) is 4.98 Å². The zero-order valence-electron chi connectivity index (χ0n) is 6.77. The van der Waals surface area contributed by atoms with Gasteiger partial charge in [-0.1, -0.05) is 6.58 Å². The van der Waals surface area contributed by atoms with E-state index in [1.165, 1.54) is 0 Å². The number of hydrogen-bond acceptors (Lipinski definition) is 2. The van der Waals surface area contributed by atoms with Crippen LogP contribution in [0.25, 0.3) is 5.57 Å². The fraction of sp³-hybridized carbons (Fsp3) is 0. The monoisotopic (exact) mass is 158 g/mol. The highest BCUT2D eigenvalue weighted by Crippen LogP contribution is 2.11. The molecule has 0 aliphatic heterocycles. The highest BCUT2D eigenvalue weighted by molar-refractivity contribution is 5.71. The molecule has 60 valence electrons. The third-order valence-electron chi connectivity index (χ3n) is 1.43. The quantitative estimate of drug-likeness (QED) is 0.489. The predicted octanol–water partition coefficient (Wildman–Crippen LogP) is 2.31. The van der Waals surface area contributed by atoms with Crippen LogP contribution < -0.4 is 0 Å². The molecule has 0 amide bonds. The van der Waals surface area contributed by atoms with Crippen molar-refractivity contribution in [2.45, 2.75) is 0 Å². The van der Waals surface area contributed by atoms with E-state index in [-0.39, 0.29) is 0 Å². The Morgan fingerprint density at radius 3 is 2.67 bits per heavy atom. The van der Waals surface area contributed by atoms with Crippen molar-refractivity contribution in [3.8, 4) is 0 Å². The summed E-state index contributed by atoms with van der Waals surface area (Å²) in [5.41, 5.74) is 1.95. The lowest BCUT2D eigenvalue weighted by Gasteiger charge is -1.96. The van der Waals surface area contributed by atoms with Gasteiger partial charge in [0, 0.05) is 18.6 Å². The van der Waals surface area contributed by atoms with Gasteiger partial charge >= 0.3 is 0 Å². The van der Waals surface area contributed by atoms with E-state index in [1.54, 1.807) is 18.6 Å². The Hall–Kier alpha value is -1.70. The minimum Gasteiger partial charge on any atom is -0.272 e. The maximum Gasteiger partial charge on any atom is 0.0273 e. The van der Waals surface area contributed by atoms with E-state index in [1.807, 2.05) is 18.2 Å². The van der Waals surface area contributed by atoms with Crippen LogP contribution >= 0.6 is 0 Å². The van der Waals surface area contributed by atoms with Gasteiger partial charge in [-0.25, -0.2) is 0 Å². The van der Waals surface area contributed by atoms with Crippen molar-refractivity contribution >= 4 is 12.3 Å². The summed E-state index contributed by atoms with van der Waals surface area (Å²) in [5, 5.41) is 0. The minimum atomic E-state index is 0.907. The number of pyridine rings is 1. The van der Waals surface area contributed by atoms with Crippen LogP contribution in [0.5, 0.6) is 0 Å². The maximum atomic E-state index is 3.91. The molecule has 12 heavy (non-hydrogen) atoms. The normalized spacial score (nSPS) is 10.0. The molecule has 0 spiro atoms. The lowest BCUT2D eigenvalue weighted by molar-refractivity contribution is 1.32. The van der Waals surface area contributed by atoms with Crippen LogP contribution in [0.2, 0.25) is 0 Å². The predicted molar refractivity (Wildman–Crippen MR) is 52.0 cm³/mol. The zero-order chi connectivity index (χ0) is 8.81. The topological polar surface area (TPSA) is 25.2 Å². The number of nitrogens with zero attached hydrogens (tertiary/aromatic N) is 2. The van der Waals surface area contributed by atoms with Gasteiger partial charge in [-0.05, 0) is 36.1 Å². The third-order valence-corrected chi connectivity index (χ3v) is 1.43. The molecule has 0 saturated carbocycles. The van der Waals surface area contributed by atoms with Gasteiger partial charge in [-0.3, -0.25) is 9.98 Å². The highest BCUT2D eigenvalue weighted by atomic mass is 14.6. The van der Waals surface area contributed by atoms with Crippen molar-refractivity contribution in [3.05, 3.63) is 48.9 Å². The number of allylic oxidation sites excluding steroid dienone is 2. The summed E-state index contributed by atoms with van der Waals surface area (Å²) in [6.07, 6.45) is 6.89. The van der Waals surface area contributed by atoms with E-state index in [0.717, 1.165) is 11.1 Å². The first-order valence-corrected chi connectivity index (χ1v) is 3.56. The Labute approximate surface area is 72.0 Å². The number of hydrogen-bond donors (Lipinski definition) is 0. The van der Waals surface area contributed by atoms with Crippen LogP contribution in [0.4, 0.5) is 0 Å². The fourth-order valence-corrected chi connectivity index (χ4v) is 0.805. The molecule has 0 unspecified atom stereocenters. The first kappa shape index (κ1) is 8.40. The molecule has 0 aliphatic rings. The second kappa shape index (κ2) is 4.23. The molecule has 0 N–H and O–H groups in total. The molecule has 1 aromatic heterocycles. The lowest BCUT2D eigenvalue weighted by Crippen LogP contribution is -1.78. The minimum absolute atomic E-state index is 0.907. The number of aromatic nitrogens is 1. The van der Waals surface area contributed by atoms with Crippen LogP contribution in [0.3, 0.4) is 0 Å². The summed E-state index contributed by atoms with van der Waals surface area (Å²) >= 11 is 0. The number of rotatable bonds is 3. The van der Waals surface area contributed by atoms with E-state index < -0.39 is 0 Å². The molecule has 0 fully saturated rings. The summed E-state index contributed by atoms with van der Waals surface area (Å²) in [6, 6.07) is 3.80. The van der Waals surface area contributed by atoms with Crippen LogP contribution in [0.15, 0.2) is 48.4 Å². The van der Waals surface area contributed by atoms with E-state index in [2.05, 4.69) is 23.3 Å². The van der Waals surface area contributed by atoms with Crippen molar-refractivity contribution in [3.63, 3.8) is 0 Å². The van der Waals surface area contributed by atoms with E-state index in [0.29, 0.717) is 0 Å². The zero-order valence-corrected chi connectivity index (χ0v) is 6.77. The SMILES string of the molecule is C=N/C=C\C(=C)c1ccncc1. The molecule has 0 aromatic carbocycles. The average Bonchev–Trinajstić information content (AvgIpc) is 2.15. The second-order valence-electron chi connectivity index (χ2n) is 2.26. The third kappa shape index (κ3) is 2.16. The molecular weight excluding hydrogens is 148 g/mol. The largest absolute Gasteiger partial charge is 0.272 e. The van der Waals surface area contributed by atoms with Crippen LogP contribution in [0, 0.1) is 0 Å². The van der Waals surface area contributed by atoms with Gasteiger partial charge in [0.05, 0.1) is 0 Å². The van der Waals surface area contributed by atoms with Crippen molar-refractivity contribution in [1.29, 1.82) is 0 Å². The Bertz CT molecular complexity index is 299. The average molecular weight is 158 g/mol. The summed E-state index contributed by atoms with van der Waals surface area (Å²) in [5.74, 6) is 0. The van der Waals surface area contributed by atoms with Gasteiger partial charge in [0.15, 0.2) is 0 Å². The smallest absolute Gasteiger partial charge is 0.0273 e. The van der Waals surface area contributed by atoms with Crippen molar-refractivity contribution < 1.29 is 0 Å². The number of aliphatic imine (C=N–C) groups is 1. The molecule has 0 saturated heterocycles. The molecular formula is C10H10N2. The molecule has 0 radical (unpaired) electrons. The van der Waals surface area contributed by atoms with E-state index in [4.69, 9.17) is 0 Å².